The SMILES string of the molecule is CC(=O)C1=C(OB(F)F)C=C(/C=C\c2cccs2)C[C@H]1c1ccccc1. The number of benzene rings is 1. The van der Waals surface area contributed by atoms with E-state index in [1.807, 2.05) is 60.0 Å². The quantitative estimate of drug-likeness (QED) is 0.614. The van der Waals surface area contributed by atoms with Crippen molar-refractivity contribution in [1.82, 2.24) is 0 Å². The van der Waals surface area contributed by atoms with Gasteiger partial charge >= 0.3 is 7.47 Å². The highest BCUT2D eigenvalue weighted by molar-refractivity contribution is 7.10. The van der Waals surface area contributed by atoms with E-state index in [0.717, 1.165) is 16.0 Å². The van der Waals surface area contributed by atoms with Crippen LogP contribution < -0.4 is 0 Å². The first-order valence-corrected chi connectivity index (χ1v) is 9.09. The molecule has 0 N–H and O–H groups in total. The maximum absolute atomic E-state index is 12.9. The molecule has 132 valence electrons. The number of thiophene rings is 1. The molecule has 1 atom stereocenters. The Balaban J connectivity index is 2.03. The zero-order valence-corrected chi connectivity index (χ0v) is 15.0. The largest absolute Gasteiger partial charge is 0.796 e. The van der Waals surface area contributed by atoms with Crippen LogP contribution in [0.1, 0.15) is 29.7 Å². The Morgan fingerprint density at radius 3 is 2.58 bits per heavy atom. The molecule has 1 aromatic heterocycles. The number of carbonyl (C=O) groups excluding carboxylic acids is 1. The van der Waals surface area contributed by atoms with Crippen LogP contribution >= 0.6 is 11.3 Å². The number of halogens is 2. The van der Waals surface area contributed by atoms with Crippen LogP contribution in [0.4, 0.5) is 8.63 Å². The van der Waals surface area contributed by atoms with Gasteiger partial charge in [0.25, 0.3) is 0 Å². The van der Waals surface area contributed by atoms with Gasteiger partial charge in [0.2, 0.25) is 0 Å². The Bertz CT molecular complexity index is 855. The second-order valence-corrected chi connectivity index (χ2v) is 6.93. The van der Waals surface area contributed by atoms with Gasteiger partial charge in [-0.25, -0.2) is 8.63 Å². The molecule has 0 bridgehead atoms. The normalized spacial score (nSPS) is 17.3. The van der Waals surface area contributed by atoms with Gasteiger partial charge in [-0.15, -0.1) is 11.3 Å². The van der Waals surface area contributed by atoms with Crippen molar-refractivity contribution in [1.29, 1.82) is 0 Å². The molecular formula is C20H17BF2O2S. The summed E-state index contributed by atoms with van der Waals surface area (Å²) in [5.74, 6) is -0.610. The van der Waals surface area contributed by atoms with Crippen molar-refractivity contribution in [2.75, 3.05) is 0 Å². The topological polar surface area (TPSA) is 26.3 Å². The summed E-state index contributed by atoms with van der Waals surface area (Å²) >= 11 is 1.59. The predicted molar refractivity (Wildman–Crippen MR) is 102 cm³/mol. The first kappa shape index (κ1) is 18.3. The van der Waals surface area contributed by atoms with Crippen molar-refractivity contribution in [3.63, 3.8) is 0 Å². The highest BCUT2D eigenvalue weighted by atomic mass is 32.1. The van der Waals surface area contributed by atoms with Crippen molar-refractivity contribution in [3.8, 4) is 0 Å². The lowest BCUT2D eigenvalue weighted by Crippen LogP contribution is -2.19. The molecule has 1 aromatic carbocycles. The minimum absolute atomic E-state index is 0.0431. The minimum Gasteiger partial charge on any atom is -0.505 e. The molecule has 0 aliphatic heterocycles. The Hall–Kier alpha value is -2.47. The summed E-state index contributed by atoms with van der Waals surface area (Å²) in [6.45, 7) is 1.39. The summed E-state index contributed by atoms with van der Waals surface area (Å²) in [5.41, 5.74) is 2.04. The van der Waals surface area contributed by atoms with E-state index in [0.29, 0.717) is 12.0 Å². The number of allylic oxidation sites excluding steroid dienone is 4. The lowest BCUT2D eigenvalue weighted by atomic mass is 9.79. The van der Waals surface area contributed by atoms with Crippen molar-refractivity contribution in [2.24, 2.45) is 0 Å². The monoisotopic (exact) mass is 370 g/mol. The molecule has 0 saturated heterocycles. The highest BCUT2D eigenvalue weighted by Gasteiger charge is 2.31. The molecule has 0 radical (unpaired) electrons. The second-order valence-electron chi connectivity index (χ2n) is 5.95. The Kier molecular flexibility index (Phi) is 5.83. The predicted octanol–water partition coefficient (Wildman–Crippen LogP) is 5.66. The first-order valence-electron chi connectivity index (χ1n) is 8.21. The van der Waals surface area contributed by atoms with Crippen LogP contribution in [-0.2, 0) is 9.45 Å². The Labute approximate surface area is 155 Å². The summed E-state index contributed by atoms with van der Waals surface area (Å²) in [6.07, 6.45) is 5.94. The van der Waals surface area contributed by atoms with Crippen LogP contribution in [0.25, 0.3) is 6.08 Å². The third-order valence-electron chi connectivity index (χ3n) is 4.17. The number of carbonyl (C=O) groups is 1. The molecule has 0 amide bonds. The van der Waals surface area contributed by atoms with Gasteiger partial charge in [-0.2, -0.15) is 0 Å². The molecule has 1 aliphatic carbocycles. The third-order valence-corrected chi connectivity index (χ3v) is 5.01. The Morgan fingerprint density at radius 2 is 1.96 bits per heavy atom. The first-order chi connectivity index (χ1) is 12.5. The van der Waals surface area contributed by atoms with Crippen LogP contribution in [0, 0.1) is 0 Å². The number of ketones is 1. The molecule has 26 heavy (non-hydrogen) atoms. The van der Waals surface area contributed by atoms with Crippen LogP contribution in [0.15, 0.2) is 76.9 Å². The molecule has 0 unspecified atom stereocenters. The lowest BCUT2D eigenvalue weighted by molar-refractivity contribution is -0.114. The van der Waals surface area contributed by atoms with Gasteiger partial charge in [0.05, 0.1) is 0 Å². The van der Waals surface area contributed by atoms with Gasteiger partial charge in [-0.05, 0) is 48.1 Å². The molecule has 2 nitrogen and oxygen atoms in total. The van der Waals surface area contributed by atoms with Crippen LogP contribution in [-0.4, -0.2) is 13.3 Å². The van der Waals surface area contributed by atoms with E-state index in [1.54, 1.807) is 17.4 Å². The third kappa shape index (κ3) is 4.38. The van der Waals surface area contributed by atoms with Crippen LogP contribution in [0.3, 0.4) is 0 Å². The lowest BCUT2D eigenvalue weighted by Gasteiger charge is -2.26. The zero-order valence-electron chi connectivity index (χ0n) is 14.2. The number of Topliss-reactive ketones (excluding diaryl/α,β-unsaturated/α-hetero) is 1. The van der Waals surface area contributed by atoms with E-state index in [1.165, 1.54) is 6.92 Å². The van der Waals surface area contributed by atoms with Crippen LogP contribution in [0.5, 0.6) is 0 Å². The van der Waals surface area contributed by atoms with E-state index in [9.17, 15) is 13.4 Å². The number of rotatable bonds is 6. The number of hydrogen-bond donors (Lipinski definition) is 0. The smallest absolute Gasteiger partial charge is 0.505 e. The average molecular weight is 370 g/mol. The summed E-state index contributed by atoms with van der Waals surface area (Å²) in [7, 11) is -2.98. The molecule has 2 aromatic rings. The zero-order chi connectivity index (χ0) is 18.5. The van der Waals surface area contributed by atoms with Gasteiger partial charge in [0, 0.05) is 16.4 Å². The summed E-state index contributed by atoms with van der Waals surface area (Å²) in [6, 6.07) is 13.4. The van der Waals surface area contributed by atoms with E-state index in [2.05, 4.69) is 0 Å². The van der Waals surface area contributed by atoms with Crippen molar-refractivity contribution in [3.05, 3.63) is 87.3 Å². The van der Waals surface area contributed by atoms with Crippen molar-refractivity contribution in [2.45, 2.75) is 19.3 Å². The van der Waals surface area contributed by atoms with Gasteiger partial charge in [-0.1, -0.05) is 42.5 Å². The molecule has 3 rings (SSSR count). The molecular weight excluding hydrogens is 353 g/mol. The van der Waals surface area contributed by atoms with Gasteiger partial charge < -0.3 is 4.65 Å². The maximum Gasteiger partial charge on any atom is 0.796 e. The van der Waals surface area contributed by atoms with Gasteiger partial charge in [0.15, 0.2) is 5.78 Å². The fraction of sp³-hybridized carbons (Fsp3) is 0.150. The average Bonchev–Trinajstić information content (AvgIpc) is 3.13. The van der Waals surface area contributed by atoms with E-state index in [-0.39, 0.29) is 17.5 Å². The molecule has 0 spiro atoms. The molecule has 0 fully saturated rings. The van der Waals surface area contributed by atoms with E-state index < -0.39 is 7.47 Å². The molecule has 1 aliphatic rings. The van der Waals surface area contributed by atoms with Crippen molar-refractivity contribution >= 4 is 30.7 Å². The maximum atomic E-state index is 12.9. The van der Waals surface area contributed by atoms with Gasteiger partial charge in [0.1, 0.15) is 5.76 Å². The minimum atomic E-state index is -2.98. The number of hydrogen-bond acceptors (Lipinski definition) is 3. The Morgan fingerprint density at radius 1 is 1.19 bits per heavy atom. The summed E-state index contributed by atoms with van der Waals surface area (Å²) < 4.78 is 30.5. The molecule has 1 heterocycles. The molecule has 6 heteroatoms. The second kappa shape index (κ2) is 8.28. The summed E-state index contributed by atoms with van der Waals surface area (Å²) in [5, 5.41) is 1.97. The van der Waals surface area contributed by atoms with Crippen LogP contribution in [0.2, 0.25) is 0 Å². The summed E-state index contributed by atoms with van der Waals surface area (Å²) in [4.78, 5) is 13.3. The fourth-order valence-corrected chi connectivity index (χ4v) is 3.71. The fourth-order valence-electron chi connectivity index (χ4n) is 3.09. The van der Waals surface area contributed by atoms with Gasteiger partial charge in [-0.3, -0.25) is 4.79 Å². The highest BCUT2D eigenvalue weighted by Crippen LogP contribution is 2.39. The van der Waals surface area contributed by atoms with E-state index >= 15 is 0 Å². The van der Waals surface area contributed by atoms with E-state index in [4.69, 9.17) is 4.65 Å². The standard InChI is InChI=1S/C20H17BF2O2S/c1-14(24)20-18(16-6-3-2-4-7-16)12-15(13-19(20)25-21(22)23)9-10-17-8-5-11-26-17/h2-11,13,18H,12H2,1H3/b10-9-/t18-/m0/s1. The van der Waals surface area contributed by atoms with Crippen molar-refractivity contribution < 1.29 is 18.1 Å². The molecule has 0 saturated carbocycles.